The minimum atomic E-state index is -1.71. The van der Waals surface area contributed by atoms with E-state index in [1.807, 2.05) is 6.20 Å². The van der Waals surface area contributed by atoms with E-state index in [4.69, 9.17) is 4.98 Å². The van der Waals surface area contributed by atoms with Gasteiger partial charge in [0, 0.05) is 0 Å². The first kappa shape index (κ1) is 12.8. The molecule has 1 aliphatic heterocycles. The van der Waals surface area contributed by atoms with Gasteiger partial charge in [0.2, 0.25) is 0 Å². The molecule has 0 radical (unpaired) electrons. The Labute approximate surface area is 136 Å². The van der Waals surface area contributed by atoms with Gasteiger partial charge in [-0.25, -0.2) is 0 Å². The van der Waals surface area contributed by atoms with E-state index in [0.717, 1.165) is 0 Å². The average Bonchev–Trinajstić information content (AvgIpc) is 2.89. The number of aromatic nitrogens is 1. The van der Waals surface area contributed by atoms with Crippen molar-refractivity contribution in [1.82, 2.24) is 4.98 Å². The molecule has 4 aromatic rings. The molecule has 0 saturated carbocycles. The second-order valence-corrected chi connectivity index (χ2v) is 13.1. The molecule has 0 spiro atoms. The Balaban J connectivity index is 2.15. The van der Waals surface area contributed by atoms with Crippen LogP contribution in [-0.2, 0) is 0 Å². The second kappa shape index (κ2) is 4.20. The Bertz CT molecular complexity index is 1060. The zero-order valence-corrected chi connectivity index (χ0v) is 15.3. The predicted octanol–water partition coefficient (Wildman–Crippen LogP) is 3.25. The number of benzene rings is 2. The van der Waals surface area contributed by atoms with E-state index in [1.165, 1.54) is 31.5 Å². The van der Waals surface area contributed by atoms with E-state index in [-0.39, 0.29) is 0 Å². The van der Waals surface area contributed by atoms with Crippen molar-refractivity contribution in [2.45, 2.75) is 13.1 Å². The molecule has 1 aliphatic rings. The van der Waals surface area contributed by atoms with E-state index in [1.54, 1.807) is 9.45 Å². The Morgan fingerprint density at radius 2 is 1.59 bits per heavy atom. The maximum absolute atomic E-state index is 4.81. The molecule has 0 unspecified atom stereocenters. The Morgan fingerprint density at radius 1 is 0.818 bits per heavy atom. The van der Waals surface area contributed by atoms with Crippen molar-refractivity contribution in [1.29, 1.82) is 0 Å². The van der Waals surface area contributed by atoms with E-state index >= 15 is 0 Å². The minimum absolute atomic E-state index is 0.426. The zero-order valence-electron chi connectivity index (χ0n) is 12.6. The first-order chi connectivity index (χ1) is 10.7. The molecule has 0 amide bonds. The van der Waals surface area contributed by atoms with Crippen molar-refractivity contribution in [2.24, 2.45) is 0 Å². The summed E-state index contributed by atoms with van der Waals surface area (Å²) in [6.07, 6.45) is 2.00. The Morgan fingerprint density at radius 3 is 2.50 bits per heavy atom. The molecule has 0 atom stereocenters. The molecule has 106 valence electrons. The summed E-state index contributed by atoms with van der Waals surface area (Å²) in [5, 5.41) is 6.06. The zero-order chi connectivity index (χ0) is 14.9. The molecule has 0 bridgehead atoms. The predicted molar refractivity (Wildman–Crippen MR) is 98.4 cm³/mol. The van der Waals surface area contributed by atoms with Gasteiger partial charge in [-0.2, -0.15) is 0 Å². The van der Waals surface area contributed by atoms with Gasteiger partial charge in [-0.15, -0.1) is 0 Å². The fourth-order valence-electron chi connectivity index (χ4n) is 3.87. The molecule has 2 aromatic heterocycles. The Hall–Kier alpha value is -1.67. The molecular weight excluding hydrogens is 349 g/mol. The van der Waals surface area contributed by atoms with Gasteiger partial charge in [-0.3, -0.25) is 0 Å². The van der Waals surface area contributed by atoms with Crippen molar-refractivity contribution in [3.8, 4) is 11.3 Å². The summed E-state index contributed by atoms with van der Waals surface area (Å²) in [6.45, 7) is 4.97. The van der Waals surface area contributed by atoms with Crippen LogP contribution < -0.4 is 10.4 Å². The maximum atomic E-state index is 4.81. The van der Waals surface area contributed by atoms with Crippen LogP contribution in [0.15, 0.2) is 54.7 Å². The van der Waals surface area contributed by atoms with Gasteiger partial charge in [0.05, 0.1) is 0 Å². The number of nitrogens with zero attached hydrogens (tertiary/aromatic N) is 1. The second-order valence-electron chi connectivity index (χ2n) is 6.48. The third-order valence-corrected chi connectivity index (χ3v) is 10.8. The van der Waals surface area contributed by atoms with Crippen molar-refractivity contribution in [3.05, 3.63) is 54.7 Å². The monoisotopic (exact) mass is 365 g/mol. The molecule has 3 heteroatoms. The molecule has 0 fully saturated rings. The average molecular weight is 364 g/mol. The summed E-state index contributed by atoms with van der Waals surface area (Å²) < 4.78 is 3.05. The van der Waals surface area contributed by atoms with Crippen LogP contribution >= 0.6 is 0 Å². The summed E-state index contributed by atoms with van der Waals surface area (Å²) in [5.41, 5.74) is 2.56. The number of hydrogen-bond donors (Lipinski definition) is 0. The van der Waals surface area contributed by atoms with Gasteiger partial charge in [0.15, 0.2) is 0 Å². The number of pyridine rings is 1. The SMILES string of the molecule is C[Si]1(C)c2ccccc2-c2nccc3[se]c4cccc1c4c23. The number of hydrogen-bond acceptors (Lipinski definition) is 1. The standard InChI is InChI=1S/C19H15NSeSi/c1-22(2)15-8-4-3-6-12(15)19-18-14(10-11-20-19)21-13-7-5-9-16(22)17(13)18/h3-11H,1-2H3. The van der Waals surface area contributed by atoms with Crippen molar-refractivity contribution >= 4 is 52.2 Å². The van der Waals surface area contributed by atoms with Crippen LogP contribution in [0.4, 0.5) is 0 Å². The van der Waals surface area contributed by atoms with Crippen LogP contribution in [0.25, 0.3) is 30.6 Å². The summed E-state index contributed by atoms with van der Waals surface area (Å²) in [5.74, 6) is 0. The normalized spacial score (nSPS) is 15.2. The molecule has 0 aliphatic carbocycles. The first-order valence-electron chi connectivity index (χ1n) is 7.58. The molecular formula is C19H15NSeSi. The van der Waals surface area contributed by atoms with Gasteiger partial charge < -0.3 is 0 Å². The first-order valence-corrected chi connectivity index (χ1v) is 12.3. The van der Waals surface area contributed by atoms with E-state index in [2.05, 4.69) is 61.6 Å². The molecule has 5 rings (SSSR count). The van der Waals surface area contributed by atoms with Gasteiger partial charge in [-0.1, -0.05) is 0 Å². The third kappa shape index (κ3) is 1.46. The summed E-state index contributed by atoms with van der Waals surface area (Å²) >= 11 is 0.426. The van der Waals surface area contributed by atoms with Crippen LogP contribution in [-0.4, -0.2) is 27.6 Å². The summed E-state index contributed by atoms with van der Waals surface area (Å²) in [6, 6.07) is 18.1. The third-order valence-electron chi connectivity index (χ3n) is 4.94. The van der Waals surface area contributed by atoms with Crippen molar-refractivity contribution in [2.75, 3.05) is 0 Å². The van der Waals surface area contributed by atoms with E-state index in [0.29, 0.717) is 14.5 Å². The van der Waals surface area contributed by atoms with Gasteiger partial charge in [0.1, 0.15) is 0 Å². The Kier molecular flexibility index (Phi) is 2.45. The fourth-order valence-corrected chi connectivity index (χ4v) is 9.51. The molecule has 0 saturated heterocycles. The molecule has 3 heterocycles. The summed E-state index contributed by atoms with van der Waals surface area (Å²) in [7, 11) is -1.71. The van der Waals surface area contributed by atoms with Crippen LogP contribution in [0.3, 0.4) is 0 Å². The van der Waals surface area contributed by atoms with Crippen molar-refractivity contribution < 1.29 is 0 Å². The number of fused-ring (bicyclic) bond motifs is 2. The van der Waals surface area contributed by atoms with Crippen LogP contribution in [0.5, 0.6) is 0 Å². The van der Waals surface area contributed by atoms with Crippen molar-refractivity contribution in [3.63, 3.8) is 0 Å². The van der Waals surface area contributed by atoms with E-state index in [9.17, 15) is 0 Å². The van der Waals surface area contributed by atoms with E-state index < -0.39 is 8.07 Å². The topological polar surface area (TPSA) is 12.9 Å². The number of rotatable bonds is 0. The van der Waals surface area contributed by atoms with Gasteiger partial charge in [0.25, 0.3) is 0 Å². The fraction of sp³-hybridized carbons (Fsp3) is 0.105. The van der Waals surface area contributed by atoms with Crippen LogP contribution in [0, 0.1) is 0 Å². The summed E-state index contributed by atoms with van der Waals surface area (Å²) in [4.78, 5) is 4.81. The molecule has 1 nitrogen and oxygen atoms in total. The van der Waals surface area contributed by atoms with Crippen LogP contribution in [0.1, 0.15) is 0 Å². The molecule has 2 aromatic carbocycles. The van der Waals surface area contributed by atoms with Gasteiger partial charge >= 0.3 is 136 Å². The quantitative estimate of drug-likeness (QED) is 0.437. The van der Waals surface area contributed by atoms with Crippen LogP contribution in [0.2, 0.25) is 13.1 Å². The molecule has 22 heavy (non-hydrogen) atoms. The molecule has 0 N–H and O–H groups in total. The van der Waals surface area contributed by atoms with Gasteiger partial charge in [-0.05, 0) is 0 Å².